The molecule has 2 N–H and O–H groups in total. The second-order valence-electron chi connectivity index (χ2n) is 8.60. The Bertz CT molecular complexity index is 1290. The Hall–Kier alpha value is -4.26. The first-order chi connectivity index (χ1) is 16.8. The van der Waals surface area contributed by atoms with E-state index in [1.807, 2.05) is 85.8 Å². The van der Waals surface area contributed by atoms with Crippen molar-refractivity contribution in [3.63, 3.8) is 0 Å². The second kappa shape index (κ2) is 10.3. The predicted octanol–water partition coefficient (Wildman–Crippen LogP) is 3.20. The third-order valence-corrected chi connectivity index (χ3v) is 6.01. The number of carbonyl (C=O) groups excluding carboxylic acids is 3. The number of aliphatic imine (C=N–C) groups is 1. The number of amides is 3. The Morgan fingerprint density at radius 2 is 1.69 bits per heavy atom. The molecule has 0 saturated heterocycles. The van der Waals surface area contributed by atoms with Crippen LogP contribution in [0.2, 0.25) is 0 Å². The summed E-state index contributed by atoms with van der Waals surface area (Å²) in [6.07, 6.45) is -1.16. The van der Waals surface area contributed by atoms with Crippen molar-refractivity contribution in [3.05, 3.63) is 101 Å². The van der Waals surface area contributed by atoms with Gasteiger partial charge < -0.3 is 15.5 Å². The molecule has 0 radical (unpaired) electrons. The summed E-state index contributed by atoms with van der Waals surface area (Å²) in [5, 5.41) is 5.48. The first kappa shape index (κ1) is 23.9. The van der Waals surface area contributed by atoms with E-state index in [2.05, 4.69) is 15.6 Å². The normalized spacial score (nSPS) is 16.0. The predicted molar refractivity (Wildman–Crippen MR) is 136 cm³/mol. The third-order valence-electron chi connectivity index (χ3n) is 6.01. The van der Waals surface area contributed by atoms with E-state index in [0.717, 1.165) is 22.3 Å². The van der Waals surface area contributed by atoms with Crippen molar-refractivity contribution in [2.24, 2.45) is 10.9 Å². The van der Waals surface area contributed by atoms with Crippen molar-refractivity contribution >= 4 is 29.1 Å². The zero-order valence-electron chi connectivity index (χ0n) is 20.0. The van der Waals surface area contributed by atoms with Gasteiger partial charge in [-0.3, -0.25) is 14.4 Å². The molecule has 178 valence electrons. The average molecular weight is 469 g/mol. The number of rotatable bonds is 6. The maximum absolute atomic E-state index is 13.3. The van der Waals surface area contributed by atoms with Crippen molar-refractivity contribution in [1.29, 1.82) is 0 Å². The van der Waals surface area contributed by atoms with E-state index >= 15 is 0 Å². The van der Waals surface area contributed by atoms with E-state index in [1.54, 1.807) is 7.05 Å². The molecule has 3 aromatic carbocycles. The summed E-state index contributed by atoms with van der Waals surface area (Å²) < 4.78 is 0. The van der Waals surface area contributed by atoms with Crippen molar-refractivity contribution in [2.45, 2.75) is 26.6 Å². The molecule has 2 atom stereocenters. The van der Waals surface area contributed by atoms with Crippen molar-refractivity contribution < 1.29 is 14.4 Å². The average Bonchev–Trinajstić information content (AvgIpc) is 2.98. The topological polar surface area (TPSA) is 90.9 Å². The summed E-state index contributed by atoms with van der Waals surface area (Å²) >= 11 is 0. The van der Waals surface area contributed by atoms with Crippen molar-refractivity contribution in [1.82, 2.24) is 10.6 Å². The van der Waals surface area contributed by atoms with Crippen LogP contribution in [0, 0.1) is 12.8 Å². The molecule has 35 heavy (non-hydrogen) atoms. The number of nitrogens with one attached hydrogen (secondary N) is 2. The Labute approximate surface area is 204 Å². The van der Waals surface area contributed by atoms with Crippen LogP contribution in [0.4, 0.5) is 5.69 Å². The number of fused-ring (bicyclic) bond motifs is 1. The lowest BCUT2D eigenvalue weighted by Crippen LogP contribution is -2.49. The fraction of sp³-hybridized carbons (Fsp3) is 0.214. The van der Waals surface area contributed by atoms with Crippen LogP contribution in [-0.2, 0) is 20.9 Å². The number of benzodiazepines with no additional fused rings is 1. The van der Waals surface area contributed by atoms with Crippen LogP contribution in [0.1, 0.15) is 29.2 Å². The molecule has 3 aromatic rings. The number of hydrogen-bond donors (Lipinski definition) is 2. The zero-order valence-corrected chi connectivity index (χ0v) is 20.0. The lowest BCUT2D eigenvalue weighted by atomic mass is 10.0. The highest BCUT2D eigenvalue weighted by atomic mass is 16.2. The van der Waals surface area contributed by atoms with Gasteiger partial charge in [0.05, 0.1) is 11.4 Å². The maximum atomic E-state index is 13.3. The van der Waals surface area contributed by atoms with Crippen molar-refractivity contribution in [3.8, 4) is 0 Å². The first-order valence-corrected chi connectivity index (χ1v) is 11.5. The molecule has 0 saturated carbocycles. The van der Waals surface area contributed by atoms with Gasteiger partial charge in [0.15, 0.2) is 0 Å². The fourth-order valence-electron chi connectivity index (χ4n) is 3.99. The van der Waals surface area contributed by atoms with E-state index in [9.17, 15) is 14.4 Å². The summed E-state index contributed by atoms with van der Waals surface area (Å²) in [5.74, 6) is -2.38. The molecule has 7 nitrogen and oxygen atoms in total. The lowest BCUT2D eigenvalue weighted by Gasteiger charge is -2.21. The van der Waals surface area contributed by atoms with E-state index in [4.69, 9.17) is 0 Å². The summed E-state index contributed by atoms with van der Waals surface area (Å²) in [5.41, 5.74) is 4.94. The van der Waals surface area contributed by atoms with Crippen LogP contribution in [-0.4, -0.2) is 36.6 Å². The molecule has 0 fully saturated rings. The number of likely N-dealkylation sites (N-methyl/N-ethyl adjacent to an activating group) is 1. The Morgan fingerprint density at radius 3 is 2.43 bits per heavy atom. The van der Waals surface area contributed by atoms with Gasteiger partial charge in [-0.1, -0.05) is 78.4 Å². The lowest BCUT2D eigenvalue weighted by molar-refractivity contribution is -0.136. The zero-order chi connectivity index (χ0) is 24.9. The molecule has 2 unspecified atom stereocenters. The Balaban J connectivity index is 1.55. The third kappa shape index (κ3) is 5.30. The van der Waals surface area contributed by atoms with Crippen LogP contribution in [0.15, 0.2) is 83.9 Å². The van der Waals surface area contributed by atoms with E-state index in [0.29, 0.717) is 17.9 Å². The van der Waals surface area contributed by atoms with Gasteiger partial charge in [0.25, 0.3) is 5.91 Å². The molecule has 1 heterocycles. The molecule has 0 aromatic heterocycles. The molecule has 3 amide bonds. The smallest absolute Gasteiger partial charge is 0.272 e. The van der Waals surface area contributed by atoms with Gasteiger partial charge in [-0.15, -0.1) is 0 Å². The quantitative estimate of drug-likeness (QED) is 0.545. The van der Waals surface area contributed by atoms with Crippen molar-refractivity contribution in [2.75, 3.05) is 11.9 Å². The minimum Gasteiger partial charge on any atom is -0.351 e. The van der Waals surface area contributed by atoms with E-state index in [-0.39, 0.29) is 5.91 Å². The van der Waals surface area contributed by atoms with Gasteiger partial charge in [0.2, 0.25) is 18.0 Å². The molecular weight excluding hydrogens is 440 g/mol. The molecule has 7 heteroatoms. The van der Waals surface area contributed by atoms with Crippen LogP contribution in [0.3, 0.4) is 0 Å². The van der Waals surface area contributed by atoms with Crippen LogP contribution >= 0.6 is 0 Å². The van der Waals surface area contributed by atoms with E-state index in [1.165, 1.54) is 11.8 Å². The molecule has 4 rings (SSSR count). The maximum Gasteiger partial charge on any atom is 0.272 e. The molecule has 0 bridgehead atoms. The largest absolute Gasteiger partial charge is 0.351 e. The minimum atomic E-state index is -1.16. The van der Waals surface area contributed by atoms with E-state index < -0.39 is 23.9 Å². The number of benzene rings is 3. The standard InChI is InChI=1S/C28H28N4O3/c1-18-10-9-11-20(16-18)17-29-26(33)19(2)27(34)31-25-28(35)32(3)23-15-8-7-14-22(23)24(30-25)21-12-5-4-6-13-21/h4-16,19,25H,17H2,1-3H3,(H,29,33)(H,31,34). The molecule has 0 aliphatic carbocycles. The molecular formula is C28H28N4O3. The molecule has 1 aliphatic heterocycles. The van der Waals surface area contributed by atoms with Gasteiger partial charge in [-0.05, 0) is 25.5 Å². The number of anilines is 1. The summed E-state index contributed by atoms with van der Waals surface area (Å²) in [6.45, 7) is 3.81. The summed E-state index contributed by atoms with van der Waals surface area (Å²) in [6, 6.07) is 24.8. The van der Waals surface area contributed by atoms with Gasteiger partial charge in [0, 0.05) is 24.7 Å². The number of hydrogen-bond acceptors (Lipinski definition) is 4. The van der Waals surface area contributed by atoms with Crippen LogP contribution in [0.5, 0.6) is 0 Å². The summed E-state index contributed by atoms with van der Waals surface area (Å²) in [4.78, 5) is 45.1. The highest BCUT2D eigenvalue weighted by Crippen LogP contribution is 2.27. The number of para-hydroxylation sites is 1. The fourth-order valence-corrected chi connectivity index (χ4v) is 3.99. The SMILES string of the molecule is Cc1cccc(CNC(=O)C(C)C(=O)NC2N=C(c3ccccc3)c3ccccc3N(C)C2=O)c1. The highest BCUT2D eigenvalue weighted by Gasteiger charge is 2.33. The molecule has 1 aliphatic rings. The highest BCUT2D eigenvalue weighted by molar-refractivity contribution is 6.20. The Morgan fingerprint density at radius 1 is 0.971 bits per heavy atom. The van der Waals surface area contributed by atoms with Crippen LogP contribution in [0.25, 0.3) is 0 Å². The number of nitrogens with zero attached hydrogens (tertiary/aromatic N) is 2. The van der Waals surface area contributed by atoms with Gasteiger partial charge in [0.1, 0.15) is 5.92 Å². The number of aryl methyl sites for hydroxylation is 1. The monoisotopic (exact) mass is 468 g/mol. The number of carbonyl (C=O) groups is 3. The summed E-state index contributed by atoms with van der Waals surface area (Å²) in [7, 11) is 1.65. The minimum absolute atomic E-state index is 0.314. The first-order valence-electron chi connectivity index (χ1n) is 11.5. The Kier molecular flexibility index (Phi) is 7.06. The van der Waals surface area contributed by atoms with Gasteiger partial charge in [-0.25, -0.2) is 4.99 Å². The second-order valence-corrected chi connectivity index (χ2v) is 8.60. The van der Waals surface area contributed by atoms with Gasteiger partial charge in [-0.2, -0.15) is 0 Å². The molecule has 0 spiro atoms. The van der Waals surface area contributed by atoms with Gasteiger partial charge >= 0.3 is 0 Å². The van der Waals surface area contributed by atoms with Crippen LogP contribution < -0.4 is 15.5 Å².